The number of nitriles is 1. The van der Waals surface area contributed by atoms with E-state index in [1.165, 1.54) is 0 Å². The number of nitrogens with zero attached hydrogens (tertiary/aromatic N) is 3. The van der Waals surface area contributed by atoms with Crippen molar-refractivity contribution in [3.63, 3.8) is 0 Å². The van der Waals surface area contributed by atoms with Gasteiger partial charge in [-0.25, -0.2) is 4.68 Å². The third kappa shape index (κ3) is 5.95. The molecule has 2 unspecified atom stereocenters. The number of rotatable bonds is 7. The van der Waals surface area contributed by atoms with Crippen LogP contribution in [0.5, 0.6) is 0 Å². The molecule has 1 N–H and O–H groups in total. The molecule has 0 aliphatic heterocycles. The van der Waals surface area contributed by atoms with Gasteiger partial charge in [0.2, 0.25) is 3.79 Å². The summed E-state index contributed by atoms with van der Waals surface area (Å²) in [4.78, 5) is -0.0824. The first-order valence-corrected chi connectivity index (χ1v) is 11.9. The molecule has 0 bridgehead atoms. The maximum Gasteiger partial charge on any atom is 0.416 e. The summed E-state index contributed by atoms with van der Waals surface area (Å²) in [5.41, 5.74) is -1.59. The second-order valence-corrected chi connectivity index (χ2v) is 10.9. The maximum absolute atomic E-state index is 13.1. The Balaban J connectivity index is 2.83. The molecule has 0 amide bonds. The van der Waals surface area contributed by atoms with Gasteiger partial charge in [-0.1, -0.05) is 64.9 Å². The Morgan fingerprint density at radius 2 is 1.81 bits per heavy atom. The highest BCUT2D eigenvalue weighted by Crippen LogP contribution is 2.41. The topological polar surface area (TPSA) is 79.9 Å². The van der Waals surface area contributed by atoms with E-state index in [1.807, 2.05) is 0 Å². The van der Waals surface area contributed by atoms with Crippen molar-refractivity contribution in [2.75, 3.05) is 17.7 Å². The molecule has 0 spiro atoms. The Morgan fingerprint density at radius 3 is 2.22 bits per heavy atom. The maximum atomic E-state index is 13.1. The van der Waals surface area contributed by atoms with E-state index >= 15 is 0 Å². The summed E-state index contributed by atoms with van der Waals surface area (Å²) in [6.45, 7) is 3.31. The Bertz CT molecular complexity index is 1040. The van der Waals surface area contributed by atoms with Crippen LogP contribution < -0.4 is 5.32 Å². The fraction of sp³-hybridized carbons (Fsp3) is 0.412. The van der Waals surface area contributed by atoms with Gasteiger partial charge in [0.1, 0.15) is 22.5 Å². The number of hydrogen-bond donors (Lipinski definition) is 1. The minimum absolute atomic E-state index is 0.0800. The molecular formula is C17H14Cl5F3N4O2S. The van der Waals surface area contributed by atoms with Crippen molar-refractivity contribution in [2.45, 2.75) is 34.9 Å². The number of nitrogens with one attached hydrogen (secondary N) is 1. The van der Waals surface area contributed by atoms with Crippen LogP contribution in [0.1, 0.15) is 25.1 Å². The molecule has 2 aromatic rings. The van der Waals surface area contributed by atoms with Crippen LogP contribution in [0.25, 0.3) is 5.69 Å². The monoisotopic (exact) mass is 570 g/mol. The van der Waals surface area contributed by atoms with E-state index < -0.39 is 42.6 Å². The molecule has 6 nitrogen and oxygen atoms in total. The first-order chi connectivity index (χ1) is 14.8. The molecule has 32 heavy (non-hydrogen) atoms. The van der Waals surface area contributed by atoms with Crippen LogP contribution in [-0.2, 0) is 21.7 Å². The van der Waals surface area contributed by atoms with E-state index in [0.717, 1.165) is 4.68 Å². The number of aromatic nitrogens is 2. The molecule has 1 heterocycles. The van der Waals surface area contributed by atoms with Crippen LogP contribution in [0.4, 0.5) is 19.0 Å². The molecular weight excluding hydrogens is 559 g/mol. The zero-order valence-electron chi connectivity index (χ0n) is 16.2. The van der Waals surface area contributed by atoms with E-state index in [1.54, 1.807) is 19.9 Å². The predicted molar refractivity (Wildman–Crippen MR) is 120 cm³/mol. The van der Waals surface area contributed by atoms with Gasteiger partial charge in [-0.2, -0.15) is 23.5 Å². The Kier molecular flexibility index (Phi) is 9.01. The van der Waals surface area contributed by atoms with E-state index in [-0.39, 0.29) is 34.5 Å². The Hall–Kier alpha value is -0.930. The number of benzene rings is 1. The lowest BCUT2D eigenvalue weighted by Gasteiger charge is -2.27. The van der Waals surface area contributed by atoms with E-state index in [4.69, 9.17) is 62.7 Å². The number of alkyl halides is 6. The normalized spacial score (nSPS) is 14.2. The average Bonchev–Trinajstić information content (AvgIpc) is 3.03. The van der Waals surface area contributed by atoms with Gasteiger partial charge in [0.15, 0.2) is 11.9 Å². The molecule has 176 valence electrons. The zero-order chi connectivity index (χ0) is 24.4. The Morgan fingerprint density at radius 1 is 1.25 bits per heavy atom. The summed E-state index contributed by atoms with van der Waals surface area (Å²) in [6, 6.07) is 3.08. The molecule has 0 aliphatic carbocycles. The van der Waals surface area contributed by atoms with Crippen molar-refractivity contribution in [1.82, 2.24) is 9.78 Å². The summed E-state index contributed by atoms with van der Waals surface area (Å²) >= 11 is 30.1. The molecule has 0 saturated carbocycles. The van der Waals surface area contributed by atoms with Gasteiger partial charge in [0.05, 0.1) is 26.4 Å². The van der Waals surface area contributed by atoms with Gasteiger partial charge in [0.25, 0.3) is 0 Å². The largest absolute Gasteiger partial charge is 0.416 e. The second-order valence-electron chi connectivity index (χ2n) is 5.99. The molecule has 1 aromatic heterocycles. The van der Waals surface area contributed by atoms with Crippen molar-refractivity contribution in [3.05, 3.63) is 33.4 Å². The van der Waals surface area contributed by atoms with Gasteiger partial charge in [-0.15, -0.1) is 0 Å². The molecule has 2 atom stereocenters. The van der Waals surface area contributed by atoms with Gasteiger partial charge >= 0.3 is 6.18 Å². The zero-order valence-corrected chi connectivity index (χ0v) is 20.8. The van der Waals surface area contributed by atoms with Crippen molar-refractivity contribution in [1.29, 1.82) is 5.26 Å². The highest BCUT2D eigenvalue weighted by Gasteiger charge is 2.37. The quantitative estimate of drug-likeness (QED) is 0.309. The predicted octanol–water partition coefficient (Wildman–Crippen LogP) is 6.34. The van der Waals surface area contributed by atoms with Crippen LogP contribution in [0.15, 0.2) is 17.0 Å². The lowest BCUT2D eigenvalue weighted by Crippen LogP contribution is -2.37. The molecule has 15 heteroatoms. The van der Waals surface area contributed by atoms with Crippen LogP contribution in [0.3, 0.4) is 0 Å². The van der Waals surface area contributed by atoms with Gasteiger partial charge in [-0.05, 0) is 19.1 Å². The fourth-order valence-electron chi connectivity index (χ4n) is 2.57. The summed E-state index contributed by atoms with van der Waals surface area (Å²) < 4.78 is 56.4. The molecule has 0 radical (unpaired) electrons. The molecule has 2 rings (SSSR count). The SMILES string of the molecule is CCOC(Nc1c(S(=O)CC)c(C#N)nn1-c1c(Cl)cc(C(F)(F)F)cc1Cl)C(Cl)(Cl)Cl. The molecule has 0 aliphatic rings. The smallest absolute Gasteiger partial charge is 0.354 e. The third-order valence-electron chi connectivity index (χ3n) is 3.89. The lowest BCUT2D eigenvalue weighted by atomic mass is 10.2. The van der Waals surface area contributed by atoms with Crippen LogP contribution in [-0.4, -0.2) is 36.4 Å². The van der Waals surface area contributed by atoms with E-state index in [2.05, 4.69) is 10.4 Å². The number of anilines is 1. The molecule has 0 saturated heterocycles. The first-order valence-electron chi connectivity index (χ1n) is 8.69. The number of hydrogen-bond acceptors (Lipinski definition) is 5. The second kappa shape index (κ2) is 10.6. The van der Waals surface area contributed by atoms with Gasteiger partial charge in [-0.3, -0.25) is 4.21 Å². The van der Waals surface area contributed by atoms with E-state index in [9.17, 15) is 22.6 Å². The lowest BCUT2D eigenvalue weighted by molar-refractivity contribution is -0.137. The van der Waals surface area contributed by atoms with Gasteiger partial charge in [0, 0.05) is 12.4 Å². The van der Waals surface area contributed by atoms with E-state index in [0.29, 0.717) is 12.1 Å². The molecule has 1 aromatic carbocycles. The van der Waals surface area contributed by atoms with Crippen LogP contribution >= 0.6 is 58.0 Å². The standard InChI is InChI=1S/C17H14Cl5F3N4O2S/c1-3-31-15(16(20,21)22)27-14-13(32(30)4-2)11(7-26)28-29(14)12-9(18)5-8(6-10(12)19)17(23,24)25/h5-6,15,27H,3-4H2,1-2H3. The van der Waals surface area contributed by atoms with Crippen LogP contribution in [0, 0.1) is 11.3 Å². The third-order valence-corrected chi connectivity index (χ3v) is 6.43. The van der Waals surface area contributed by atoms with Gasteiger partial charge < -0.3 is 10.1 Å². The summed E-state index contributed by atoms with van der Waals surface area (Å²) in [6.07, 6.45) is -6.03. The summed E-state index contributed by atoms with van der Waals surface area (Å²) in [5, 5.41) is 15.4. The highest BCUT2D eigenvalue weighted by atomic mass is 35.6. The summed E-state index contributed by atoms with van der Waals surface area (Å²) in [5.74, 6) is -0.0635. The molecule has 0 fully saturated rings. The van der Waals surface area contributed by atoms with Crippen molar-refractivity contribution >= 4 is 74.6 Å². The first kappa shape index (κ1) is 27.3. The Labute approximate surface area is 208 Å². The number of ether oxygens (including phenoxy) is 1. The highest BCUT2D eigenvalue weighted by molar-refractivity contribution is 7.85. The van der Waals surface area contributed by atoms with Crippen molar-refractivity contribution in [2.24, 2.45) is 0 Å². The van der Waals surface area contributed by atoms with Crippen LogP contribution in [0.2, 0.25) is 10.0 Å². The minimum atomic E-state index is -4.71. The van der Waals surface area contributed by atoms with Crippen molar-refractivity contribution in [3.8, 4) is 11.8 Å². The van der Waals surface area contributed by atoms with Crippen molar-refractivity contribution < 1.29 is 22.1 Å². The average molecular weight is 573 g/mol. The fourth-order valence-corrected chi connectivity index (χ4v) is 4.52. The summed E-state index contributed by atoms with van der Waals surface area (Å²) in [7, 11) is -1.76. The minimum Gasteiger partial charge on any atom is -0.354 e. The number of halogens is 8.